The van der Waals surface area contributed by atoms with Crippen molar-refractivity contribution < 1.29 is 23.9 Å². The molecule has 0 aliphatic carbocycles. The van der Waals surface area contributed by atoms with E-state index in [-0.39, 0.29) is 17.3 Å². The highest BCUT2D eigenvalue weighted by atomic mass is 127. The fourth-order valence-corrected chi connectivity index (χ4v) is 3.52. The van der Waals surface area contributed by atoms with Crippen molar-refractivity contribution in [3.63, 3.8) is 0 Å². The molecule has 0 spiro atoms. The zero-order valence-electron chi connectivity index (χ0n) is 18.1. The Morgan fingerprint density at radius 2 is 1.76 bits per heavy atom. The largest absolute Gasteiger partial charge is 0.490 e. The van der Waals surface area contributed by atoms with E-state index < -0.39 is 10.9 Å². The lowest BCUT2D eigenvalue weighted by atomic mass is 10.1. The topological polar surface area (TPSA) is 100 Å². The summed E-state index contributed by atoms with van der Waals surface area (Å²) in [5.41, 5.74) is 2.25. The van der Waals surface area contributed by atoms with Crippen molar-refractivity contribution in [2.45, 2.75) is 13.5 Å². The Morgan fingerprint density at radius 3 is 2.44 bits per heavy atom. The third kappa shape index (κ3) is 5.60. The van der Waals surface area contributed by atoms with E-state index in [0.29, 0.717) is 35.8 Å². The van der Waals surface area contributed by atoms with E-state index in [9.17, 15) is 14.9 Å². The van der Waals surface area contributed by atoms with Crippen molar-refractivity contribution in [2.75, 3.05) is 6.61 Å². The number of hydrogen-bond donors (Lipinski definition) is 0. The number of hydrogen-bond acceptors (Lipinski definition) is 7. The molecule has 8 nitrogen and oxygen atoms in total. The average Bonchev–Trinajstić information content (AvgIpc) is 3.20. The maximum Gasteiger partial charge on any atom is 0.363 e. The minimum Gasteiger partial charge on any atom is -0.490 e. The highest BCUT2D eigenvalue weighted by molar-refractivity contribution is 14.1. The number of halogens is 1. The van der Waals surface area contributed by atoms with Crippen molar-refractivity contribution in [1.29, 1.82) is 0 Å². The number of esters is 1. The molecule has 0 saturated carbocycles. The number of cyclic esters (lactones) is 1. The fourth-order valence-electron chi connectivity index (χ4n) is 3.16. The molecule has 3 aromatic rings. The number of benzene rings is 3. The molecule has 1 aliphatic heterocycles. The molecule has 9 heteroatoms. The van der Waals surface area contributed by atoms with Gasteiger partial charge in [-0.2, -0.15) is 0 Å². The predicted octanol–water partition coefficient (Wildman–Crippen LogP) is 5.52. The number of carbonyl (C=O) groups is 1. The summed E-state index contributed by atoms with van der Waals surface area (Å²) in [5.74, 6) is 0.624. The van der Waals surface area contributed by atoms with Gasteiger partial charge in [-0.25, -0.2) is 9.79 Å². The Morgan fingerprint density at radius 1 is 1.03 bits per heavy atom. The molecule has 4 rings (SSSR count). The van der Waals surface area contributed by atoms with Gasteiger partial charge in [0.25, 0.3) is 5.69 Å². The summed E-state index contributed by atoms with van der Waals surface area (Å²) in [6.07, 6.45) is 1.59. The monoisotopic (exact) mass is 570 g/mol. The lowest BCUT2D eigenvalue weighted by Gasteiger charge is -2.13. The minimum atomic E-state index is -0.606. The maximum atomic E-state index is 12.3. The number of rotatable bonds is 8. The Kier molecular flexibility index (Phi) is 7.21. The lowest BCUT2D eigenvalue weighted by molar-refractivity contribution is -0.384. The molecule has 172 valence electrons. The Labute approximate surface area is 209 Å². The van der Waals surface area contributed by atoms with E-state index >= 15 is 0 Å². The zero-order chi connectivity index (χ0) is 24.1. The first-order valence-corrected chi connectivity index (χ1v) is 11.4. The van der Waals surface area contributed by atoms with Crippen LogP contribution in [0.3, 0.4) is 0 Å². The second kappa shape index (κ2) is 10.5. The third-order valence-electron chi connectivity index (χ3n) is 4.82. The van der Waals surface area contributed by atoms with Gasteiger partial charge >= 0.3 is 5.97 Å². The smallest absolute Gasteiger partial charge is 0.363 e. The van der Waals surface area contributed by atoms with Crippen molar-refractivity contribution in [1.82, 2.24) is 0 Å². The molecule has 0 radical (unpaired) electrons. The molecule has 1 aliphatic rings. The van der Waals surface area contributed by atoms with Crippen LogP contribution in [0.15, 0.2) is 77.4 Å². The lowest BCUT2D eigenvalue weighted by Crippen LogP contribution is -2.05. The van der Waals surface area contributed by atoms with Gasteiger partial charge in [0.1, 0.15) is 6.61 Å². The number of non-ortho nitro benzene ring substituents is 1. The molecule has 1 heterocycles. The molecule has 0 bridgehead atoms. The van der Waals surface area contributed by atoms with E-state index in [2.05, 4.69) is 27.6 Å². The second-order valence-corrected chi connectivity index (χ2v) is 8.44. The molecule has 0 saturated heterocycles. The van der Waals surface area contributed by atoms with E-state index in [1.807, 2.05) is 31.2 Å². The van der Waals surface area contributed by atoms with Gasteiger partial charge in [0.15, 0.2) is 17.2 Å². The number of aliphatic imine (C=N–C) groups is 1. The number of nitro groups is 1. The highest BCUT2D eigenvalue weighted by Crippen LogP contribution is 2.31. The van der Waals surface area contributed by atoms with Crippen LogP contribution in [0.25, 0.3) is 6.08 Å². The Balaban J connectivity index is 1.54. The van der Waals surface area contributed by atoms with Gasteiger partial charge in [-0.3, -0.25) is 10.1 Å². The van der Waals surface area contributed by atoms with Gasteiger partial charge in [-0.05, 0) is 83.1 Å². The number of nitrogens with zero attached hydrogens (tertiary/aromatic N) is 2. The SMILES string of the molecule is CCOc1cc(/C=C2\N=C(c3ccc([N+](=O)[O-])cc3)OC2=O)ccc1OCc1ccc(I)cc1. The standard InChI is InChI=1S/C25H19IN2O6/c1-2-32-23-14-17(5-12-22(23)33-15-16-3-8-19(26)9-4-16)13-21-25(29)34-24(27-21)18-6-10-20(11-7-18)28(30)31/h3-14H,2,15H2,1H3/b21-13-. The van der Waals surface area contributed by atoms with Crippen molar-refractivity contribution >= 4 is 46.2 Å². The van der Waals surface area contributed by atoms with Gasteiger partial charge in [0.05, 0.1) is 11.5 Å². The summed E-state index contributed by atoms with van der Waals surface area (Å²) in [7, 11) is 0. The molecule has 3 aromatic carbocycles. The van der Waals surface area contributed by atoms with Crippen LogP contribution in [-0.2, 0) is 16.1 Å². The van der Waals surface area contributed by atoms with Crippen molar-refractivity contribution in [3.05, 3.63) is 103 Å². The maximum absolute atomic E-state index is 12.3. The van der Waals surface area contributed by atoms with E-state index in [0.717, 1.165) is 9.13 Å². The van der Waals surface area contributed by atoms with Crippen LogP contribution in [0.2, 0.25) is 0 Å². The third-order valence-corrected chi connectivity index (χ3v) is 5.54. The summed E-state index contributed by atoms with van der Waals surface area (Å²) >= 11 is 2.25. The van der Waals surface area contributed by atoms with Crippen LogP contribution in [0, 0.1) is 13.7 Å². The van der Waals surface area contributed by atoms with E-state index in [1.165, 1.54) is 24.3 Å². The summed E-state index contributed by atoms with van der Waals surface area (Å²) in [5, 5.41) is 10.8. The van der Waals surface area contributed by atoms with Crippen LogP contribution in [0.1, 0.15) is 23.6 Å². The second-order valence-electron chi connectivity index (χ2n) is 7.19. The zero-order valence-corrected chi connectivity index (χ0v) is 20.2. The molecule has 0 aromatic heterocycles. The van der Waals surface area contributed by atoms with Gasteiger partial charge in [-0.15, -0.1) is 0 Å². The van der Waals surface area contributed by atoms with Crippen LogP contribution >= 0.6 is 22.6 Å². The normalized spacial score (nSPS) is 14.0. The van der Waals surface area contributed by atoms with Gasteiger partial charge in [0.2, 0.25) is 5.90 Å². The van der Waals surface area contributed by atoms with E-state index in [1.54, 1.807) is 24.3 Å². The predicted molar refractivity (Wildman–Crippen MR) is 135 cm³/mol. The quantitative estimate of drug-likeness (QED) is 0.116. The minimum absolute atomic E-state index is 0.0581. The van der Waals surface area contributed by atoms with Gasteiger partial charge in [-0.1, -0.05) is 18.2 Å². The van der Waals surface area contributed by atoms with Crippen LogP contribution in [0.5, 0.6) is 11.5 Å². The molecule has 34 heavy (non-hydrogen) atoms. The molecule has 0 unspecified atom stereocenters. The van der Waals surface area contributed by atoms with Crippen LogP contribution in [-0.4, -0.2) is 23.4 Å². The van der Waals surface area contributed by atoms with Gasteiger partial charge < -0.3 is 14.2 Å². The van der Waals surface area contributed by atoms with Crippen molar-refractivity contribution in [3.8, 4) is 11.5 Å². The molecular weight excluding hydrogens is 551 g/mol. The van der Waals surface area contributed by atoms with Gasteiger partial charge in [0, 0.05) is 21.3 Å². The Hall–Kier alpha value is -3.73. The van der Waals surface area contributed by atoms with Crippen LogP contribution < -0.4 is 9.47 Å². The average molecular weight is 570 g/mol. The summed E-state index contributed by atoms with van der Waals surface area (Å²) in [4.78, 5) is 26.9. The summed E-state index contributed by atoms with van der Waals surface area (Å²) in [6, 6.07) is 19.0. The first kappa shape index (κ1) is 23.4. The number of nitro benzene ring substituents is 1. The highest BCUT2D eigenvalue weighted by Gasteiger charge is 2.24. The van der Waals surface area contributed by atoms with Crippen molar-refractivity contribution in [2.24, 2.45) is 4.99 Å². The first-order valence-electron chi connectivity index (χ1n) is 10.3. The van der Waals surface area contributed by atoms with E-state index in [4.69, 9.17) is 14.2 Å². The fraction of sp³-hybridized carbons (Fsp3) is 0.120. The van der Waals surface area contributed by atoms with Crippen LogP contribution in [0.4, 0.5) is 5.69 Å². The molecular formula is C25H19IN2O6. The number of ether oxygens (including phenoxy) is 3. The number of carbonyl (C=O) groups excluding carboxylic acids is 1. The first-order chi connectivity index (χ1) is 16.4. The molecule has 0 amide bonds. The molecule has 0 atom stereocenters. The Bertz CT molecular complexity index is 1280. The molecule has 0 N–H and O–H groups in total. The summed E-state index contributed by atoms with van der Waals surface area (Å²) in [6.45, 7) is 2.72. The summed E-state index contributed by atoms with van der Waals surface area (Å²) < 4.78 is 18.1. The molecule has 0 fully saturated rings.